The van der Waals surface area contributed by atoms with Gasteiger partial charge in [0.15, 0.2) is 23.0 Å². The third-order valence-corrected chi connectivity index (χ3v) is 9.03. The van der Waals surface area contributed by atoms with Crippen molar-refractivity contribution in [1.82, 2.24) is 0 Å². The van der Waals surface area contributed by atoms with E-state index < -0.39 is 53.0 Å². The first-order valence-electron chi connectivity index (χ1n) is 11.2. The fourth-order valence-corrected chi connectivity index (χ4v) is 8.05. The Bertz CT molecular complexity index is 910. The number of ketones is 2. The number of fused-ring (bicyclic) bond motifs is 7. The molecule has 0 aromatic rings. The molecule has 31 heavy (non-hydrogen) atoms. The molecule has 2 N–H and O–H groups in total. The molecule has 0 bridgehead atoms. The molecule has 9 atom stereocenters. The number of hydrogen-bond donors (Lipinski definition) is 2. The molecular weight excluding hydrogens is 403 g/mol. The minimum absolute atomic E-state index is 0.125. The molecule has 1 saturated heterocycles. The van der Waals surface area contributed by atoms with Crippen LogP contribution in [0.5, 0.6) is 0 Å². The molecule has 4 fully saturated rings. The Kier molecular flexibility index (Phi) is 4.38. The highest BCUT2D eigenvalue weighted by Crippen LogP contribution is 2.70. The highest BCUT2D eigenvalue weighted by atomic mass is 19.1. The Morgan fingerprint density at radius 3 is 2.65 bits per heavy atom. The van der Waals surface area contributed by atoms with E-state index in [1.807, 2.05) is 13.8 Å². The molecule has 3 saturated carbocycles. The molecule has 1 aliphatic heterocycles. The van der Waals surface area contributed by atoms with Gasteiger partial charge in [-0.05, 0) is 62.7 Å². The number of aliphatic hydroxyl groups is 2. The van der Waals surface area contributed by atoms with Crippen LogP contribution < -0.4 is 0 Å². The van der Waals surface area contributed by atoms with Crippen LogP contribution in [0.15, 0.2) is 23.8 Å². The molecule has 6 nitrogen and oxygen atoms in total. The molecule has 0 aromatic carbocycles. The van der Waals surface area contributed by atoms with Crippen LogP contribution in [0.2, 0.25) is 0 Å². The van der Waals surface area contributed by atoms with Crippen molar-refractivity contribution in [1.29, 1.82) is 0 Å². The number of hydrogen-bond acceptors (Lipinski definition) is 6. The van der Waals surface area contributed by atoms with Gasteiger partial charge in [0.05, 0.1) is 12.2 Å². The maximum atomic E-state index is 15.4. The lowest BCUT2D eigenvalue weighted by molar-refractivity contribution is -0.226. The summed E-state index contributed by atoms with van der Waals surface area (Å²) < 4.78 is 27.9. The van der Waals surface area contributed by atoms with Crippen molar-refractivity contribution in [2.45, 2.75) is 76.7 Å². The van der Waals surface area contributed by atoms with Crippen LogP contribution in [0.25, 0.3) is 0 Å². The summed E-state index contributed by atoms with van der Waals surface area (Å²) in [4.78, 5) is 25.1. The molecule has 3 unspecified atom stereocenters. The Hall–Kier alpha value is -1.41. The fourth-order valence-electron chi connectivity index (χ4n) is 8.05. The number of Topliss-reactive ketones (excluding diaryl/α,β-unsaturated/α-hetero) is 1. The molecule has 170 valence electrons. The fraction of sp³-hybridized carbons (Fsp3) is 0.750. The topological polar surface area (TPSA) is 93.1 Å². The number of alkyl halides is 1. The maximum Gasteiger partial charge on any atom is 0.193 e. The molecule has 5 rings (SSSR count). The Labute approximate surface area is 181 Å². The molecule has 1 heterocycles. The van der Waals surface area contributed by atoms with E-state index in [2.05, 4.69) is 0 Å². The van der Waals surface area contributed by atoms with E-state index in [1.54, 1.807) is 19.9 Å². The van der Waals surface area contributed by atoms with Gasteiger partial charge in [0.1, 0.15) is 12.8 Å². The van der Waals surface area contributed by atoms with Gasteiger partial charge in [0.25, 0.3) is 0 Å². The van der Waals surface area contributed by atoms with Gasteiger partial charge in [-0.2, -0.15) is 0 Å². The zero-order valence-electron chi connectivity index (χ0n) is 18.4. The number of rotatable bonds is 2. The van der Waals surface area contributed by atoms with Gasteiger partial charge < -0.3 is 19.7 Å². The zero-order valence-corrected chi connectivity index (χ0v) is 18.4. The first-order valence-corrected chi connectivity index (χ1v) is 11.2. The summed E-state index contributed by atoms with van der Waals surface area (Å²) in [5.74, 6) is -2.28. The third-order valence-electron chi connectivity index (χ3n) is 9.03. The van der Waals surface area contributed by atoms with E-state index in [-0.39, 0.29) is 36.4 Å². The normalized spacial score (nSPS) is 52.1. The predicted octanol–water partition coefficient (Wildman–Crippen LogP) is 2.27. The summed E-state index contributed by atoms with van der Waals surface area (Å²) in [7, 11) is 0. The van der Waals surface area contributed by atoms with Crippen molar-refractivity contribution in [3.8, 4) is 0 Å². The summed E-state index contributed by atoms with van der Waals surface area (Å²) in [5, 5.41) is 21.3. The van der Waals surface area contributed by atoms with Crippen molar-refractivity contribution in [3.63, 3.8) is 0 Å². The van der Waals surface area contributed by atoms with E-state index in [9.17, 15) is 19.8 Å². The molecule has 5 aliphatic rings. The molecule has 4 aliphatic carbocycles. The number of carbonyl (C=O) groups is 2. The van der Waals surface area contributed by atoms with Gasteiger partial charge in [-0.1, -0.05) is 19.9 Å². The Balaban J connectivity index is 1.62. The quantitative estimate of drug-likeness (QED) is 0.693. The van der Waals surface area contributed by atoms with Gasteiger partial charge in [0, 0.05) is 16.7 Å². The SMILES string of the molecule is CC1(C)OC2C[C@H]3[C@@H]4CC(F)C5=CC(=O)C=C[C@]5(C)[C@H]4C(O)C[C@]3(C)[C@]2(C(=O)CO)O1. The summed E-state index contributed by atoms with van der Waals surface area (Å²) >= 11 is 0. The third kappa shape index (κ3) is 2.52. The lowest BCUT2D eigenvalue weighted by atomic mass is 9.46. The number of halogens is 1. The average molecular weight is 435 g/mol. The van der Waals surface area contributed by atoms with Crippen LogP contribution in [0.1, 0.15) is 47.0 Å². The van der Waals surface area contributed by atoms with E-state index in [4.69, 9.17) is 9.47 Å². The van der Waals surface area contributed by atoms with E-state index in [0.29, 0.717) is 12.0 Å². The number of ether oxygens (including phenoxy) is 2. The van der Waals surface area contributed by atoms with Gasteiger partial charge >= 0.3 is 0 Å². The van der Waals surface area contributed by atoms with E-state index in [1.165, 1.54) is 12.2 Å². The van der Waals surface area contributed by atoms with Crippen LogP contribution in [-0.4, -0.2) is 58.2 Å². The molecule has 0 aromatic heterocycles. The molecular formula is C24H31FO6. The maximum absolute atomic E-state index is 15.4. The Morgan fingerprint density at radius 1 is 1.26 bits per heavy atom. The highest BCUT2D eigenvalue weighted by molar-refractivity contribution is 6.01. The van der Waals surface area contributed by atoms with Crippen molar-refractivity contribution in [2.24, 2.45) is 28.6 Å². The lowest BCUT2D eigenvalue weighted by Crippen LogP contribution is -2.64. The molecule has 0 spiro atoms. The van der Waals surface area contributed by atoms with E-state index in [0.717, 1.165) is 0 Å². The second-order valence-electron chi connectivity index (χ2n) is 11.0. The molecule has 0 amide bonds. The van der Waals surface area contributed by atoms with Gasteiger partial charge in [-0.25, -0.2) is 4.39 Å². The van der Waals surface area contributed by atoms with Crippen molar-refractivity contribution in [3.05, 3.63) is 23.8 Å². The second kappa shape index (κ2) is 6.34. The smallest absolute Gasteiger partial charge is 0.193 e. The minimum Gasteiger partial charge on any atom is -0.393 e. The second-order valence-corrected chi connectivity index (χ2v) is 11.0. The monoisotopic (exact) mass is 434 g/mol. The zero-order chi connectivity index (χ0) is 22.6. The number of carbonyl (C=O) groups excluding carboxylic acids is 2. The summed E-state index contributed by atoms with van der Waals surface area (Å²) in [6.45, 7) is 6.65. The highest BCUT2D eigenvalue weighted by Gasteiger charge is 2.77. The Morgan fingerprint density at radius 2 is 1.97 bits per heavy atom. The number of aliphatic hydroxyl groups excluding tert-OH is 2. The van der Waals surface area contributed by atoms with Gasteiger partial charge in [-0.15, -0.1) is 0 Å². The summed E-state index contributed by atoms with van der Waals surface area (Å²) in [5.41, 5.74) is -2.50. The molecule has 0 radical (unpaired) electrons. The van der Waals surface area contributed by atoms with Crippen molar-refractivity contribution >= 4 is 11.6 Å². The van der Waals surface area contributed by atoms with Crippen LogP contribution in [0.4, 0.5) is 4.39 Å². The lowest BCUT2D eigenvalue weighted by Gasteiger charge is -2.60. The number of allylic oxidation sites excluding steroid dienone is 4. The van der Waals surface area contributed by atoms with Crippen LogP contribution >= 0.6 is 0 Å². The summed E-state index contributed by atoms with van der Waals surface area (Å²) in [6, 6.07) is 0. The minimum atomic E-state index is -1.37. The van der Waals surface area contributed by atoms with Gasteiger partial charge in [0.2, 0.25) is 0 Å². The van der Waals surface area contributed by atoms with Gasteiger partial charge in [-0.3, -0.25) is 9.59 Å². The first kappa shape index (κ1) is 21.4. The standard InChI is InChI=1S/C24H31FO6/c1-21(2)30-19-9-14-13-8-16(25)15-7-12(27)5-6-22(15,3)20(13)17(28)10-23(14,4)24(19,31-21)18(29)11-26/h5-7,13-14,16-17,19-20,26,28H,8-11H2,1-4H3/t13-,14-,16?,17?,19?,20+,22-,23-,24+/m0/s1. The first-order chi connectivity index (χ1) is 14.4. The molecule has 7 heteroatoms. The van der Waals surface area contributed by atoms with Crippen molar-refractivity contribution < 1.29 is 33.7 Å². The van der Waals surface area contributed by atoms with E-state index >= 15 is 4.39 Å². The largest absolute Gasteiger partial charge is 0.393 e. The summed E-state index contributed by atoms with van der Waals surface area (Å²) in [6.07, 6.45) is 2.90. The average Bonchev–Trinajstić information content (AvgIpc) is 3.08. The predicted molar refractivity (Wildman–Crippen MR) is 109 cm³/mol. The van der Waals surface area contributed by atoms with Crippen molar-refractivity contribution in [2.75, 3.05) is 6.61 Å². The van der Waals surface area contributed by atoms with Crippen LogP contribution in [0.3, 0.4) is 0 Å². The van der Waals surface area contributed by atoms with Crippen LogP contribution in [0, 0.1) is 28.6 Å². The van der Waals surface area contributed by atoms with Crippen LogP contribution in [-0.2, 0) is 19.1 Å².